The van der Waals surface area contributed by atoms with Crippen molar-refractivity contribution in [2.75, 3.05) is 6.54 Å². The molecular formula is C26H34N2O3. The highest BCUT2D eigenvalue weighted by molar-refractivity contribution is 5.94. The molecule has 3 N–H and O–H groups in total. The smallest absolute Gasteiger partial charge is 0.306 e. The first-order valence-electron chi connectivity index (χ1n) is 11.3. The summed E-state index contributed by atoms with van der Waals surface area (Å²) in [6, 6.07) is 15.5. The van der Waals surface area contributed by atoms with Gasteiger partial charge < -0.3 is 15.8 Å². The number of nitrogens with two attached hydrogens (primary N) is 1. The minimum absolute atomic E-state index is 0.0379. The molecule has 1 aliphatic rings. The fraction of sp³-hybridized carbons (Fsp3) is 0.462. The molecule has 5 heteroatoms. The number of amides is 1. The second-order valence-electron chi connectivity index (χ2n) is 8.70. The minimum Gasteiger partial charge on any atom is -0.461 e. The average molecular weight is 423 g/mol. The molecule has 5 nitrogen and oxygen atoms in total. The molecule has 0 aliphatic heterocycles. The lowest BCUT2D eigenvalue weighted by atomic mass is 9.95. The van der Waals surface area contributed by atoms with Gasteiger partial charge in [-0.15, -0.1) is 0 Å². The molecule has 31 heavy (non-hydrogen) atoms. The summed E-state index contributed by atoms with van der Waals surface area (Å²) < 4.78 is 5.48. The molecule has 2 aromatic rings. The van der Waals surface area contributed by atoms with E-state index < -0.39 is 0 Å². The van der Waals surface area contributed by atoms with Crippen LogP contribution in [0.2, 0.25) is 0 Å². The normalized spacial score (nSPS) is 18.8. The summed E-state index contributed by atoms with van der Waals surface area (Å²) in [6.07, 6.45) is 5.74. The molecule has 1 saturated carbocycles. The van der Waals surface area contributed by atoms with E-state index in [1.165, 1.54) is 5.56 Å². The van der Waals surface area contributed by atoms with Crippen LogP contribution in [0.3, 0.4) is 0 Å². The molecule has 2 unspecified atom stereocenters. The van der Waals surface area contributed by atoms with Crippen LogP contribution >= 0.6 is 0 Å². The third kappa shape index (κ3) is 7.51. The third-order valence-corrected chi connectivity index (χ3v) is 6.19. The summed E-state index contributed by atoms with van der Waals surface area (Å²) in [7, 11) is 0. The Morgan fingerprint density at radius 3 is 2.29 bits per heavy atom. The number of hydrogen-bond acceptors (Lipinski definition) is 4. The van der Waals surface area contributed by atoms with E-state index in [0.29, 0.717) is 43.5 Å². The summed E-state index contributed by atoms with van der Waals surface area (Å²) in [4.78, 5) is 24.7. The molecule has 1 fully saturated rings. The predicted octanol–water partition coefficient (Wildman–Crippen LogP) is 4.51. The zero-order valence-corrected chi connectivity index (χ0v) is 18.4. The van der Waals surface area contributed by atoms with E-state index in [4.69, 9.17) is 10.5 Å². The molecule has 1 amide bonds. The summed E-state index contributed by atoms with van der Waals surface area (Å²) in [6.45, 7) is 3.54. The molecule has 166 valence electrons. The molecule has 0 heterocycles. The standard InChI is InChI=1S/C26H34N2O3/c1-19-5-7-23(8-6-19)18-31-25(29)15-20-3-2-4-22(10-9-20)17-28-26(30)24-13-11-21(16-27)12-14-24/h5-8,11-14,20,22H,2-4,9-10,15-18,27H2,1H3,(H,28,30). The predicted molar refractivity (Wildman–Crippen MR) is 122 cm³/mol. The van der Waals surface area contributed by atoms with Crippen LogP contribution in [0.25, 0.3) is 0 Å². The van der Waals surface area contributed by atoms with Gasteiger partial charge in [0.15, 0.2) is 0 Å². The van der Waals surface area contributed by atoms with E-state index in [2.05, 4.69) is 5.32 Å². The Kier molecular flexibility index (Phi) is 8.65. The number of aryl methyl sites for hydroxylation is 1. The SMILES string of the molecule is Cc1ccc(COC(=O)CC2CCCC(CNC(=O)c3ccc(CN)cc3)CC2)cc1. The van der Waals surface area contributed by atoms with Crippen molar-refractivity contribution in [3.05, 3.63) is 70.8 Å². The van der Waals surface area contributed by atoms with E-state index in [-0.39, 0.29) is 11.9 Å². The summed E-state index contributed by atoms with van der Waals surface area (Å²) in [5, 5.41) is 3.07. The molecule has 2 aromatic carbocycles. The Balaban J connectivity index is 1.37. The molecule has 0 bridgehead atoms. The van der Waals surface area contributed by atoms with Crippen LogP contribution in [0, 0.1) is 18.8 Å². The van der Waals surface area contributed by atoms with E-state index in [9.17, 15) is 9.59 Å². The fourth-order valence-corrected chi connectivity index (χ4v) is 4.14. The van der Waals surface area contributed by atoms with Gasteiger partial charge in [0.25, 0.3) is 5.91 Å². The second-order valence-corrected chi connectivity index (χ2v) is 8.70. The van der Waals surface area contributed by atoms with Crippen LogP contribution in [0.1, 0.15) is 65.6 Å². The highest BCUT2D eigenvalue weighted by atomic mass is 16.5. The molecule has 0 saturated heterocycles. The number of carbonyl (C=O) groups excluding carboxylic acids is 2. The number of carbonyl (C=O) groups is 2. The Bertz CT molecular complexity index is 846. The quantitative estimate of drug-likeness (QED) is 0.484. The largest absolute Gasteiger partial charge is 0.461 e. The monoisotopic (exact) mass is 422 g/mol. The van der Waals surface area contributed by atoms with Gasteiger partial charge in [-0.3, -0.25) is 9.59 Å². The molecule has 0 radical (unpaired) electrons. The maximum absolute atomic E-state index is 12.4. The summed E-state index contributed by atoms with van der Waals surface area (Å²) >= 11 is 0. The topological polar surface area (TPSA) is 81.4 Å². The molecule has 1 aliphatic carbocycles. The van der Waals surface area contributed by atoms with E-state index >= 15 is 0 Å². The van der Waals surface area contributed by atoms with Gasteiger partial charge in [0.05, 0.1) is 0 Å². The fourth-order valence-electron chi connectivity index (χ4n) is 4.14. The molecule has 2 atom stereocenters. The number of nitrogens with one attached hydrogen (secondary N) is 1. The Morgan fingerprint density at radius 2 is 1.58 bits per heavy atom. The maximum Gasteiger partial charge on any atom is 0.306 e. The number of esters is 1. The minimum atomic E-state index is -0.113. The van der Waals surface area contributed by atoms with Gasteiger partial charge in [0, 0.05) is 25.1 Å². The van der Waals surface area contributed by atoms with Crippen LogP contribution in [0.15, 0.2) is 48.5 Å². The number of ether oxygens (including phenoxy) is 1. The van der Waals surface area contributed by atoms with Crippen molar-refractivity contribution < 1.29 is 14.3 Å². The zero-order valence-electron chi connectivity index (χ0n) is 18.4. The van der Waals surface area contributed by atoms with Crippen LogP contribution in [-0.4, -0.2) is 18.4 Å². The molecule has 3 rings (SSSR count). The van der Waals surface area contributed by atoms with Crippen molar-refractivity contribution in [2.24, 2.45) is 17.6 Å². The van der Waals surface area contributed by atoms with E-state index in [1.54, 1.807) is 0 Å². The van der Waals surface area contributed by atoms with Gasteiger partial charge in [0.2, 0.25) is 0 Å². The van der Waals surface area contributed by atoms with Crippen LogP contribution < -0.4 is 11.1 Å². The Labute approximate surface area is 185 Å². The summed E-state index contributed by atoms with van der Waals surface area (Å²) in [5.41, 5.74) is 9.51. The highest BCUT2D eigenvalue weighted by Gasteiger charge is 2.22. The van der Waals surface area contributed by atoms with Crippen molar-refractivity contribution in [1.82, 2.24) is 5.32 Å². The zero-order chi connectivity index (χ0) is 22.1. The van der Waals surface area contributed by atoms with Gasteiger partial charge in [-0.1, -0.05) is 48.4 Å². The van der Waals surface area contributed by atoms with Crippen molar-refractivity contribution in [3.8, 4) is 0 Å². The van der Waals surface area contributed by atoms with Crippen molar-refractivity contribution >= 4 is 11.9 Å². The van der Waals surface area contributed by atoms with Gasteiger partial charge >= 0.3 is 5.97 Å². The van der Waals surface area contributed by atoms with Crippen molar-refractivity contribution in [3.63, 3.8) is 0 Å². The number of hydrogen-bond donors (Lipinski definition) is 2. The average Bonchev–Trinajstić information content (AvgIpc) is 3.02. The Morgan fingerprint density at radius 1 is 0.935 bits per heavy atom. The number of rotatable bonds is 8. The Hall–Kier alpha value is -2.66. The van der Waals surface area contributed by atoms with Gasteiger partial charge in [-0.25, -0.2) is 0 Å². The lowest BCUT2D eigenvalue weighted by Crippen LogP contribution is -2.29. The first-order valence-corrected chi connectivity index (χ1v) is 11.3. The number of benzene rings is 2. The van der Waals surface area contributed by atoms with Crippen LogP contribution in [0.5, 0.6) is 0 Å². The first kappa shape index (κ1) is 23.0. The highest BCUT2D eigenvalue weighted by Crippen LogP contribution is 2.29. The molecule has 0 spiro atoms. The van der Waals surface area contributed by atoms with Crippen LogP contribution in [-0.2, 0) is 22.7 Å². The molecule has 0 aromatic heterocycles. The van der Waals surface area contributed by atoms with Crippen molar-refractivity contribution in [2.45, 2.75) is 58.6 Å². The second kappa shape index (κ2) is 11.7. The van der Waals surface area contributed by atoms with E-state index in [1.807, 2.05) is 55.5 Å². The van der Waals surface area contributed by atoms with Crippen molar-refractivity contribution in [1.29, 1.82) is 0 Å². The van der Waals surface area contributed by atoms with E-state index in [0.717, 1.165) is 43.2 Å². The summed E-state index contributed by atoms with van der Waals surface area (Å²) in [5.74, 6) is 0.679. The third-order valence-electron chi connectivity index (χ3n) is 6.19. The first-order chi connectivity index (χ1) is 15.0. The lowest BCUT2D eigenvalue weighted by Gasteiger charge is -2.16. The van der Waals surface area contributed by atoms with Crippen LogP contribution in [0.4, 0.5) is 0 Å². The van der Waals surface area contributed by atoms with Gasteiger partial charge in [-0.2, -0.15) is 0 Å². The lowest BCUT2D eigenvalue weighted by molar-refractivity contribution is -0.146. The van der Waals surface area contributed by atoms with Gasteiger partial charge in [0.1, 0.15) is 6.61 Å². The van der Waals surface area contributed by atoms with Gasteiger partial charge in [-0.05, 0) is 67.7 Å². The maximum atomic E-state index is 12.4. The molecular weight excluding hydrogens is 388 g/mol.